The van der Waals surface area contributed by atoms with Crippen molar-refractivity contribution in [3.63, 3.8) is 0 Å². The van der Waals surface area contributed by atoms with Crippen molar-refractivity contribution >= 4 is 0 Å². The molecule has 0 bridgehead atoms. The number of rotatable bonds is 7. The summed E-state index contributed by atoms with van der Waals surface area (Å²) in [6, 6.07) is 0. The number of aromatic nitrogens is 2. The van der Waals surface area contributed by atoms with Gasteiger partial charge in [0, 0.05) is 39.0 Å². The monoisotopic (exact) mass is 227 g/mol. The summed E-state index contributed by atoms with van der Waals surface area (Å²) in [5.41, 5.74) is 2.30. The summed E-state index contributed by atoms with van der Waals surface area (Å²) in [5, 5.41) is 17.0. The van der Waals surface area contributed by atoms with Crippen LogP contribution in [-0.4, -0.2) is 41.3 Å². The Hall–Kier alpha value is -0.910. The molecular weight excluding hydrogens is 206 g/mol. The summed E-state index contributed by atoms with van der Waals surface area (Å²) in [6.07, 6.45) is 2.49. The van der Waals surface area contributed by atoms with Crippen LogP contribution in [0, 0.1) is 0 Å². The van der Waals surface area contributed by atoms with Crippen LogP contribution in [-0.2, 0) is 24.8 Å². The first-order valence-electron chi connectivity index (χ1n) is 5.56. The number of nitrogens with one attached hydrogen (secondary N) is 1. The first kappa shape index (κ1) is 13.2. The second-order valence-electron chi connectivity index (χ2n) is 3.87. The quantitative estimate of drug-likeness (QED) is 0.692. The zero-order valence-electron chi connectivity index (χ0n) is 10.2. The zero-order valence-corrected chi connectivity index (χ0v) is 10.2. The predicted molar refractivity (Wildman–Crippen MR) is 62.2 cm³/mol. The van der Waals surface area contributed by atoms with Gasteiger partial charge in [0.05, 0.1) is 18.4 Å². The summed E-state index contributed by atoms with van der Waals surface area (Å²) in [5.74, 6) is 0. The number of aliphatic hydroxyl groups excluding tert-OH is 1. The Balaban J connectivity index is 2.36. The highest BCUT2D eigenvalue weighted by Gasteiger charge is 2.07. The normalized spacial score (nSPS) is 13.0. The molecule has 1 aromatic heterocycles. The van der Waals surface area contributed by atoms with E-state index in [4.69, 9.17) is 4.74 Å². The van der Waals surface area contributed by atoms with E-state index >= 15 is 0 Å². The smallest absolute Gasteiger partial charge is 0.0897 e. The number of ether oxygens (including phenoxy) is 1. The van der Waals surface area contributed by atoms with Crippen LogP contribution in [0.15, 0.2) is 6.20 Å². The fourth-order valence-corrected chi connectivity index (χ4v) is 1.65. The van der Waals surface area contributed by atoms with Crippen LogP contribution in [0.25, 0.3) is 0 Å². The van der Waals surface area contributed by atoms with Gasteiger partial charge in [0.15, 0.2) is 0 Å². The number of nitrogens with zero attached hydrogens (tertiary/aromatic N) is 2. The number of aliphatic hydroxyl groups is 1. The Morgan fingerprint density at radius 2 is 2.38 bits per heavy atom. The lowest BCUT2D eigenvalue weighted by molar-refractivity contribution is 0.0644. The van der Waals surface area contributed by atoms with Gasteiger partial charge in [0.2, 0.25) is 0 Å². The van der Waals surface area contributed by atoms with Crippen LogP contribution in [0.4, 0.5) is 0 Å². The van der Waals surface area contributed by atoms with Crippen molar-refractivity contribution in [2.75, 3.05) is 20.3 Å². The van der Waals surface area contributed by atoms with E-state index in [0.29, 0.717) is 13.2 Å². The second-order valence-corrected chi connectivity index (χ2v) is 3.87. The van der Waals surface area contributed by atoms with Crippen LogP contribution < -0.4 is 5.32 Å². The van der Waals surface area contributed by atoms with Gasteiger partial charge < -0.3 is 15.2 Å². The molecule has 92 valence electrons. The highest BCUT2D eigenvalue weighted by molar-refractivity contribution is 5.16. The molecule has 5 nitrogen and oxygen atoms in total. The average molecular weight is 227 g/mol. The molecule has 0 radical (unpaired) electrons. The Morgan fingerprint density at radius 3 is 3.00 bits per heavy atom. The topological polar surface area (TPSA) is 59.3 Å². The Morgan fingerprint density at radius 1 is 1.62 bits per heavy atom. The molecule has 1 unspecified atom stereocenters. The SMILES string of the molecule is CCc1nn(C)cc1CNCC(O)COC. The van der Waals surface area contributed by atoms with Crippen molar-refractivity contribution in [2.45, 2.75) is 26.0 Å². The highest BCUT2D eigenvalue weighted by atomic mass is 16.5. The lowest BCUT2D eigenvalue weighted by atomic mass is 10.2. The highest BCUT2D eigenvalue weighted by Crippen LogP contribution is 2.06. The summed E-state index contributed by atoms with van der Waals surface area (Å²) in [6.45, 7) is 3.72. The van der Waals surface area contributed by atoms with E-state index in [1.807, 2.05) is 17.9 Å². The molecule has 16 heavy (non-hydrogen) atoms. The van der Waals surface area contributed by atoms with E-state index in [1.54, 1.807) is 7.11 Å². The molecule has 0 aliphatic rings. The van der Waals surface area contributed by atoms with Crippen LogP contribution in [0.2, 0.25) is 0 Å². The minimum absolute atomic E-state index is 0.362. The maximum Gasteiger partial charge on any atom is 0.0897 e. The van der Waals surface area contributed by atoms with Gasteiger partial charge in [-0.25, -0.2) is 0 Å². The van der Waals surface area contributed by atoms with Crippen molar-refractivity contribution in [1.29, 1.82) is 0 Å². The fourth-order valence-electron chi connectivity index (χ4n) is 1.65. The van der Waals surface area contributed by atoms with Crippen LogP contribution in [0.1, 0.15) is 18.2 Å². The van der Waals surface area contributed by atoms with E-state index in [1.165, 1.54) is 5.56 Å². The molecule has 0 amide bonds. The van der Waals surface area contributed by atoms with E-state index in [9.17, 15) is 5.11 Å². The summed E-state index contributed by atoms with van der Waals surface area (Å²) >= 11 is 0. The van der Waals surface area contributed by atoms with Gasteiger partial charge in [-0.2, -0.15) is 5.10 Å². The first-order valence-corrected chi connectivity index (χ1v) is 5.56. The van der Waals surface area contributed by atoms with Crippen molar-refractivity contribution in [3.8, 4) is 0 Å². The van der Waals surface area contributed by atoms with E-state index < -0.39 is 6.10 Å². The van der Waals surface area contributed by atoms with Crippen LogP contribution in [0.5, 0.6) is 0 Å². The van der Waals surface area contributed by atoms with Crippen molar-refractivity contribution < 1.29 is 9.84 Å². The van der Waals surface area contributed by atoms with Gasteiger partial charge in [-0.15, -0.1) is 0 Å². The molecule has 0 fully saturated rings. The maximum atomic E-state index is 9.45. The number of aryl methyl sites for hydroxylation is 2. The number of hydrogen-bond acceptors (Lipinski definition) is 4. The van der Waals surface area contributed by atoms with Crippen molar-refractivity contribution in [2.24, 2.45) is 7.05 Å². The zero-order chi connectivity index (χ0) is 12.0. The third kappa shape index (κ3) is 3.92. The number of hydrogen-bond donors (Lipinski definition) is 2. The molecule has 1 heterocycles. The van der Waals surface area contributed by atoms with Gasteiger partial charge in [0.25, 0.3) is 0 Å². The largest absolute Gasteiger partial charge is 0.389 e. The Bertz CT molecular complexity index is 312. The molecule has 0 saturated heterocycles. The molecule has 2 N–H and O–H groups in total. The van der Waals surface area contributed by atoms with E-state index in [2.05, 4.69) is 17.3 Å². The lowest BCUT2D eigenvalue weighted by Gasteiger charge is -2.10. The minimum Gasteiger partial charge on any atom is -0.389 e. The fraction of sp³-hybridized carbons (Fsp3) is 0.727. The Kier molecular flexibility index (Phi) is 5.45. The predicted octanol–water partition coefficient (Wildman–Crippen LogP) is 0.0794. The molecule has 0 aliphatic carbocycles. The van der Waals surface area contributed by atoms with Gasteiger partial charge in [-0.1, -0.05) is 6.92 Å². The summed E-state index contributed by atoms with van der Waals surface area (Å²) < 4.78 is 6.67. The third-order valence-corrected chi connectivity index (χ3v) is 2.38. The molecule has 0 aliphatic heterocycles. The maximum absolute atomic E-state index is 9.45. The van der Waals surface area contributed by atoms with Gasteiger partial charge in [-0.05, 0) is 6.42 Å². The lowest BCUT2D eigenvalue weighted by Crippen LogP contribution is -2.29. The van der Waals surface area contributed by atoms with Gasteiger partial charge in [0.1, 0.15) is 0 Å². The molecule has 1 atom stereocenters. The van der Waals surface area contributed by atoms with E-state index in [-0.39, 0.29) is 0 Å². The molecule has 5 heteroatoms. The summed E-state index contributed by atoms with van der Waals surface area (Å²) in [7, 11) is 3.50. The molecule has 1 aromatic rings. The van der Waals surface area contributed by atoms with Crippen LogP contribution in [0.3, 0.4) is 0 Å². The first-order chi connectivity index (χ1) is 7.67. The minimum atomic E-state index is -0.452. The second kappa shape index (κ2) is 6.62. The molecular formula is C11H21N3O2. The van der Waals surface area contributed by atoms with Gasteiger partial charge in [-0.3, -0.25) is 4.68 Å². The molecule has 0 spiro atoms. The standard InChI is InChI=1S/C11H21N3O2/c1-4-11-9(7-14(2)13-11)5-12-6-10(15)8-16-3/h7,10,12,15H,4-6,8H2,1-3H3. The van der Waals surface area contributed by atoms with Crippen molar-refractivity contribution in [3.05, 3.63) is 17.5 Å². The molecule has 0 aromatic carbocycles. The van der Waals surface area contributed by atoms with Crippen molar-refractivity contribution in [1.82, 2.24) is 15.1 Å². The average Bonchev–Trinajstić information content (AvgIpc) is 2.59. The third-order valence-electron chi connectivity index (χ3n) is 2.38. The summed E-state index contributed by atoms with van der Waals surface area (Å²) in [4.78, 5) is 0. The van der Waals surface area contributed by atoms with E-state index in [0.717, 1.165) is 18.7 Å². The molecule has 1 rings (SSSR count). The molecule has 0 saturated carbocycles. The van der Waals surface area contributed by atoms with Crippen LogP contribution >= 0.6 is 0 Å². The van der Waals surface area contributed by atoms with Gasteiger partial charge >= 0.3 is 0 Å². The Labute approximate surface area is 96.4 Å². The number of methoxy groups -OCH3 is 1.